The van der Waals surface area contributed by atoms with E-state index in [1.165, 1.54) is 6.07 Å². The summed E-state index contributed by atoms with van der Waals surface area (Å²) in [6.07, 6.45) is 2.61. The molecule has 0 aliphatic rings. The van der Waals surface area contributed by atoms with Gasteiger partial charge in [-0.1, -0.05) is 24.3 Å². The Hall–Kier alpha value is -2.13. The van der Waals surface area contributed by atoms with E-state index in [-0.39, 0.29) is 11.9 Å². The lowest BCUT2D eigenvalue weighted by molar-refractivity contribution is 0.561. The first-order valence-electron chi connectivity index (χ1n) is 7.07. The number of hydrogen-bond acceptors (Lipinski definition) is 2. The van der Waals surface area contributed by atoms with E-state index in [1.54, 1.807) is 6.07 Å². The van der Waals surface area contributed by atoms with Crippen molar-refractivity contribution < 1.29 is 8.81 Å². The third-order valence-corrected chi connectivity index (χ3v) is 3.96. The van der Waals surface area contributed by atoms with Crippen LogP contribution >= 0.6 is 0 Å². The lowest BCUT2D eigenvalue weighted by Crippen LogP contribution is -2.19. The molecule has 0 saturated carbocycles. The van der Waals surface area contributed by atoms with E-state index in [1.807, 2.05) is 44.5 Å². The fourth-order valence-electron chi connectivity index (χ4n) is 2.74. The zero-order valence-corrected chi connectivity index (χ0v) is 12.2. The first-order chi connectivity index (χ1) is 10.2. The van der Waals surface area contributed by atoms with E-state index in [2.05, 4.69) is 11.4 Å². The number of rotatable bonds is 4. The fourth-order valence-corrected chi connectivity index (χ4v) is 2.74. The quantitative estimate of drug-likeness (QED) is 0.768. The first-order valence-corrected chi connectivity index (χ1v) is 7.07. The lowest BCUT2D eigenvalue weighted by Gasteiger charge is -2.16. The Labute approximate surface area is 123 Å². The second-order valence-electron chi connectivity index (χ2n) is 5.30. The van der Waals surface area contributed by atoms with E-state index >= 15 is 0 Å². The van der Waals surface area contributed by atoms with E-state index in [4.69, 9.17) is 4.42 Å². The van der Waals surface area contributed by atoms with Crippen LogP contribution in [0.25, 0.3) is 11.0 Å². The van der Waals surface area contributed by atoms with Crippen LogP contribution in [0.5, 0.6) is 0 Å². The summed E-state index contributed by atoms with van der Waals surface area (Å²) in [6.45, 7) is 1.94. The molecule has 2 aromatic carbocycles. The Morgan fingerprint density at radius 1 is 1.19 bits per heavy atom. The van der Waals surface area contributed by atoms with Crippen molar-refractivity contribution in [3.63, 3.8) is 0 Å². The lowest BCUT2D eigenvalue weighted by atomic mass is 9.96. The van der Waals surface area contributed by atoms with E-state index in [0.717, 1.165) is 34.1 Å². The second kappa shape index (κ2) is 5.70. The van der Waals surface area contributed by atoms with Gasteiger partial charge in [-0.2, -0.15) is 0 Å². The van der Waals surface area contributed by atoms with Gasteiger partial charge >= 0.3 is 0 Å². The molecular weight excluding hydrogens is 265 g/mol. The molecule has 3 rings (SSSR count). The molecule has 1 heterocycles. The second-order valence-corrected chi connectivity index (χ2v) is 5.30. The molecule has 0 fully saturated rings. The summed E-state index contributed by atoms with van der Waals surface area (Å²) in [4.78, 5) is 0. The molecule has 0 radical (unpaired) electrons. The van der Waals surface area contributed by atoms with Gasteiger partial charge in [-0.3, -0.25) is 0 Å². The summed E-state index contributed by atoms with van der Waals surface area (Å²) in [5.74, 6) is -0.189. The van der Waals surface area contributed by atoms with Gasteiger partial charge in [-0.05, 0) is 49.7 Å². The third-order valence-electron chi connectivity index (χ3n) is 3.96. The summed E-state index contributed by atoms with van der Waals surface area (Å²) in [6, 6.07) is 13.1. The largest absolute Gasteiger partial charge is 0.464 e. The van der Waals surface area contributed by atoms with Gasteiger partial charge in [0.15, 0.2) is 0 Å². The summed E-state index contributed by atoms with van der Waals surface area (Å²) in [7, 11) is 1.94. The fraction of sp³-hybridized carbons (Fsp3) is 0.222. The molecule has 0 bridgehead atoms. The Bertz CT molecular complexity index is 763. The number of hydrogen-bond donors (Lipinski definition) is 1. The minimum absolute atomic E-state index is 0.137. The topological polar surface area (TPSA) is 25.2 Å². The number of nitrogens with one attached hydrogen (secondary N) is 1. The van der Waals surface area contributed by atoms with Gasteiger partial charge in [0.2, 0.25) is 0 Å². The average Bonchev–Trinajstić information content (AvgIpc) is 2.91. The van der Waals surface area contributed by atoms with Crippen molar-refractivity contribution in [2.45, 2.75) is 19.4 Å². The van der Waals surface area contributed by atoms with Crippen LogP contribution in [0.3, 0.4) is 0 Å². The summed E-state index contributed by atoms with van der Waals surface area (Å²) in [5, 5.41) is 4.46. The van der Waals surface area contributed by atoms with Gasteiger partial charge in [0.05, 0.1) is 6.26 Å². The van der Waals surface area contributed by atoms with Crippen molar-refractivity contribution in [3.05, 3.63) is 71.2 Å². The molecule has 21 heavy (non-hydrogen) atoms. The molecule has 0 amide bonds. The molecule has 1 atom stereocenters. The number of aryl methyl sites for hydroxylation is 1. The van der Waals surface area contributed by atoms with Crippen molar-refractivity contribution in [2.24, 2.45) is 0 Å². The van der Waals surface area contributed by atoms with Crippen LogP contribution in [0.4, 0.5) is 4.39 Å². The molecular formula is C18H18FNO. The smallest absolute Gasteiger partial charge is 0.134 e. The predicted molar refractivity (Wildman–Crippen MR) is 82.9 cm³/mol. The van der Waals surface area contributed by atoms with Crippen molar-refractivity contribution in [1.82, 2.24) is 5.32 Å². The highest BCUT2D eigenvalue weighted by Crippen LogP contribution is 2.29. The number of furan rings is 1. The van der Waals surface area contributed by atoms with Crippen molar-refractivity contribution in [2.75, 3.05) is 7.05 Å². The van der Waals surface area contributed by atoms with Gasteiger partial charge in [-0.25, -0.2) is 4.39 Å². The number of benzene rings is 2. The van der Waals surface area contributed by atoms with Gasteiger partial charge < -0.3 is 9.73 Å². The monoisotopic (exact) mass is 283 g/mol. The van der Waals surface area contributed by atoms with Crippen LogP contribution in [0.15, 0.2) is 53.1 Å². The minimum atomic E-state index is -0.189. The molecule has 0 spiro atoms. The summed E-state index contributed by atoms with van der Waals surface area (Å²) >= 11 is 0. The maximum absolute atomic E-state index is 13.2. The van der Waals surface area contributed by atoms with E-state index in [0.29, 0.717) is 0 Å². The molecule has 3 heteroatoms. The molecule has 1 unspecified atom stereocenters. The normalized spacial score (nSPS) is 12.7. The molecule has 0 aliphatic carbocycles. The molecule has 1 N–H and O–H groups in total. The van der Waals surface area contributed by atoms with Crippen LogP contribution in [0.2, 0.25) is 0 Å². The molecule has 0 saturated heterocycles. The number of para-hydroxylation sites is 1. The highest BCUT2D eigenvalue weighted by Gasteiger charge is 2.16. The molecule has 0 aliphatic heterocycles. The van der Waals surface area contributed by atoms with Crippen molar-refractivity contribution in [3.8, 4) is 0 Å². The maximum Gasteiger partial charge on any atom is 0.134 e. The van der Waals surface area contributed by atoms with Crippen molar-refractivity contribution >= 4 is 11.0 Å². The number of fused-ring (bicyclic) bond motifs is 1. The Kier molecular flexibility index (Phi) is 3.76. The van der Waals surface area contributed by atoms with Gasteiger partial charge in [-0.15, -0.1) is 0 Å². The van der Waals surface area contributed by atoms with Gasteiger partial charge in [0, 0.05) is 17.0 Å². The summed E-state index contributed by atoms with van der Waals surface area (Å²) in [5.41, 5.74) is 4.14. The highest BCUT2D eigenvalue weighted by molar-refractivity contribution is 5.81. The Morgan fingerprint density at radius 3 is 2.76 bits per heavy atom. The summed E-state index contributed by atoms with van der Waals surface area (Å²) < 4.78 is 18.8. The van der Waals surface area contributed by atoms with Crippen LogP contribution in [0.1, 0.15) is 22.7 Å². The molecule has 2 nitrogen and oxygen atoms in total. The van der Waals surface area contributed by atoms with Gasteiger partial charge in [0.25, 0.3) is 0 Å². The van der Waals surface area contributed by atoms with E-state index in [9.17, 15) is 4.39 Å². The van der Waals surface area contributed by atoms with Crippen LogP contribution in [-0.4, -0.2) is 7.05 Å². The van der Waals surface area contributed by atoms with Gasteiger partial charge in [0.1, 0.15) is 11.4 Å². The average molecular weight is 283 g/mol. The number of likely N-dealkylation sites (N-methyl/N-ethyl adjacent to an activating group) is 1. The number of halogens is 1. The third kappa shape index (κ3) is 2.69. The van der Waals surface area contributed by atoms with E-state index < -0.39 is 0 Å². The Balaban J connectivity index is 1.95. The highest BCUT2D eigenvalue weighted by atomic mass is 19.1. The molecule has 1 aromatic heterocycles. The molecule has 3 aromatic rings. The van der Waals surface area contributed by atoms with Crippen LogP contribution < -0.4 is 5.32 Å². The standard InChI is InChI=1S/C18H18FNO/c1-12-9-14(19)8-7-13(12)10-17(20-2)16-11-21-18-6-4-3-5-15(16)18/h3-9,11,17,20H,10H2,1-2H3. The SMILES string of the molecule is CNC(Cc1ccc(F)cc1C)c1coc2ccccc12. The molecule has 108 valence electrons. The first kappa shape index (κ1) is 13.8. The Morgan fingerprint density at radius 2 is 2.00 bits per heavy atom. The minimum Gasteiger partial charge on any atom is -0.464 e. The van der Waals surface area contributed by atoms with Crippen LogP contribution in [-0.2, 0) is 6.42 Å². The van der Waals surface area contributed by atoms with Crippen LogP contribution in [0, 0.1) is 12.7 Å². The maximum atomic E-state index is 13.2. The zero-order valence-electron chi connectivity index (χ0n) is 12.2. The van der Waals surface area contributed by atoms with Crippen molar-refractivity contribution in [1.29, 1.82) is 0 Å². The zero-order chi connectivity index (χ0) is 14.8. The predicted octanol–water partition coefficient (Wildman–Crippen LogP) is 4.38.